The molecule has 1 heterocycles. The lowest BCUT2D eigenvalue weighted by atomic mass is 10.1. The molecule has 0 spiro atoms. The Morgan fingerprint density at radius 3 is 2.74 bits per heavy atom. The van der Waals surface area contributed by atoms with E-state index in [0.29, 0.717) is 10.7 Å². The zero-order valence-electron chi connectivity index (χ0n) is 14.9. The number of hydrogen-bond acceptors (Lipinski definition) is 4. The van der Waals surface area contributed by atoms with E-state index < -0.39 is 18.2 Å². The number of benzene rings is 2. The smallest absolute Gasteiger partial charge is 0.410 e. The van der Waals surface area contributed by atoms with Crippen LogP contribution >= 0.6 is 11.6 Å². The molecule has 6 nitrogen and oxygen atoms in total. The molecule has 0 unspecified atom stereocenters. The van der Waals surface area contributed by atoms with Gasteiger partial charge in [-0.3, -0.25) is 9.69 Å². The Morgan fingerprint density at radius 1 is 1.26 bits per heavy atom. The van der Waals surface area contributed by atoms with Crippen LogP contribution in [-0.4, -0.2) is 40.7 Å². The number of rotatable bonds is 4. The summed E-state index contributed by atoms with van der Waals surface area (Å²) in [5.74, 6) is -0.381. The first-order valence-corrected chi connectivity index (χ1v) is 9.04. The molecular weight excluding hydrogens is 368 g/mol. The predicted octanol–water partition coefficient (Wildman–Crippen LogP) is 3.36. The molecule has 0 radical (unpaired) electrons. The minimum Gasteiger partial charge on any atom is -0.445 e. The van der Waals surface area contributed by atoms with Gasteiger partial charge < -0.3 is 15.2 Å². The maximum absolute atomic E-state index is 12.7. The van der Waals surface area contributed by atoms with Crippen LogP contribution in [0.25, 0.3) is 0 Å². The molecular formula is C20H21ClN2O4. The zero-order valence-corrected chi connectivity index (χ0v) is 15.6. The lowest BCUT2D eigenvalue weighted by Crippen LogP contribution is -2.43. The Bertz CT molecular complexity index is 828. The minimum absolute atomic E-state index is 0.0558. The Labute approximate surface area is 162 Å². The maximum atomic E-state index is 12.7. The summed E-state index contributed by atoms with van der Waals surface area (Å²) in [4.78, 5) is 26.4. The molecule has 1 aliphatic rings. The van der Waals surface area contributed by atoms with E-state index in [9.17, 15) is 14.7 Å². The van der Waals surface area contributed by atoms with Crippen LogP contribution in [0.1, 0.15) is 17.5 Å². The van der Waals surface area contributed by atoms with Crippen LogP contribution < -0.4 is 5.32 Å². The number of aryl methyl sites for hydroxylation is 1. The van der Waals surface area contributed by atoms with Gasteiger partial charge in [-0.1, -0.05) is 48.0 Å². The van der Waals surface area contributed by atoms with Crippen LogP contribution in [0.5, 0.6) is 0 Å². The molecule has 2 atom stereocenters. The fourth-order valence-corrected chi connectivity index (χ4v) is 3.18. The van der Waals surface area contributed by atoms with Gasteiger partial charge in [0.2, 0.25) is 5.91 Å². The van der Waals surface area contributed by atoms with Crippen molar-refractivity contribution in [3.8, 4) is 0 Å². The molecule has 7 heteroatoms. The molecule has 1 aliphatic heterocycles. The Morgan fingerprint density at radius 2 is 2.00 bits per heavy atom. The summed E-state index contributed by atoms with van der Waals surface area (Å²) in [5, 5.41) is 13.3. The first-order chi connectivity index (χ1) is 12.9. The number of anilines is 1. The van der Waals surface area contributed by atoms with Crippen molar-refractivity contribution in [1.82, 2.24) is 4.90 Å². The number of ether oxygens (including phenoxy) is 1. The average molecular weight is 389 g/mol. The number of amides is 2. The highest BCUT2D eigenvalue weighted by atomic mass is 35.5. The summed E-state index contributed by atoms with van der Waals surface area (Å²) < 4.78 is 5.31. The van der Waals surface area contributed by atoms with Crippen LogP contribution in [0.15, 0.2) is 48.5 Å². The van der Waals surface area contributed by atoms with Crippen LogP contribution in [0, 0.1) is 6.92 Å². The van der Waals surface area contributed by atoms with Crippen molar-refractivity contribution in [3.63, 3.8) is 0 Å². The second-order valence-electron chi connectivity index (χ2n) is 6.55. The normalized spacial score (nSPS) is 19.0. The van der Waals surface area contributed by atoms with Crippen molar-refractivity contribution < 1.29 is 19.4 Å². The highest BCUT2D eigenvalue weighted by molar-refractivity contribution is 6.31. The van der Waals surface area contributed by atoms with Crippen molar-refractivity contribution in [2.24, 2.45) is 0 Å². The number of nitrogens with zero attached hydrogens (tertiary/aromatic N) is 1. The van der Waals surface area contributed by atoms with Gasteiger partial charge >= 0.3 is 6.09 Å². The molecule has 0 saturated carbocycles. The number of likely N-dealkylation sites (tertiary alicyclic amines) is 1. The van der Waals surface area contributed by atoms with E-state index in [1.165, 1.54) is 4.90 Å². The molecule has 1 saturated heterocycles. The Balaban J connectivity index is 1.66. The molecule has 3 rings (SSSR count). The first-order valence-electron chi connectivity index (χ1n) is 8.66. The van der Waals surface area contributed by atoms with E-state index >= 15 is 0 Å². The third-order valence-electron chi connectivity index (χ3n) is 4.48. The summed E-state index contributed by atoms with van der Waals surface area (Å²) >= 11 is 5.99. The van der Waals surface area contributed by atoms with Gasteiger partial charge in [-0.25, -0.2) is 4.79 Å². The van der Waals surface area contributed by atoms with Crippen LogP contribution in [0.4, 0.5) is 10.5 Å². The van der Waals surface area contributed by atoms with E-state index in [2.05, 4.69) is 5.32 Å². The lowest BCUT2D eigenvalue weighted by molar-refractivity contribution is -0.120. The van der Waals surface area contributed by atoms with E-state index in [0.717, 1.165) is 11.1 Å². The molecule has 0 aliphatic carbocycles. The number of aliphatic hydroxyl groups is 1. The summed E-state index contributed by atoms with van der Waals surface area (Å²) in [5.41, 5.74) is 2.28. The Kier molecular flexibility index (Phi) is 5.98. The zero-order chi connectivity index (χ0) is 19.4. The number of carbonyl (C=O) groups excluding carboxylic acids is 2. The van der Waals surface area contributed by atoms with E-state index in [1.54, 1.807) is 18.2 Å². The third kappa shape index (κ3) is 4.78. The van der Waals surface area contributed by atoms with Crippen LogP contribution in [0.3, 0.4) is 0 Å². The van der Waals surface area contributed by atoms with Crippen molar-refractivity contribution in [3.05, 3.63) is 64.7 Å². The van der Waals surface area contributed by atoms with E-state index in [-0.39, 0.29) is 25.5 Å². The molecule has 2 aromatic carbocycles. The summed E-state index contributed by atoms with van der Waals surface area (Å²) in [6.07, 6.45) is -1.24. The van der Waals surface area contributed by atoms with Crippen LogP contribution in [-0.2, 0) is 16.1 Å². The largest absolute Gasteiger partial charge is 0.445 e. The van der Waals surface area contributed by atoms with E-state index in [1.807, 2.05) is 37.3 Å². The van der Waals surface area contributed by atoms with Crippen molar-refractivity contribution in [2.45, 2.75) is 32.1 Å². The first kappa shape index (κ1) is 19.2. The molecule has 2 aromatic rings. The second-order valence-corrected chi connectivity index (χ2v) is 6.98. The monoisotopic (exact) mass is 388 g/mol. The maximum Gasteiger partial charge on any atom is 0.410 e. The number of aliphatic hydroxyl groups excluding tert-OH is 1. The number of β-amino-alcohol motifs (C(OH)–C–C–N with tert-alkyl or cyclic N) is 1. The van der Waals surface area contributed by atoms with Gasteiger partial charge in [-0.15, -0.1) is 0 Å². The summed E-state index contributed by atoms with van der Waals surface area (Å²) in [7, 11) is 0. The predicted molar refractivity (Wildman–Crippen MR) is 103 cm³/mol. The van der Waals surface area contributed by atoms with Gasteiger partial charge in [0.05, 0.1) is 12.6 Å². The molecule has 1 fully saturated rings. The molecule has 0 bridgehead atoms. The number of hydrogen-bond donors (Lipinski definition) is 2. The van der Waals surface area contributed by atoms with Gasteiger partial charge in [0.1, 0.15) is 12.6 Å². The molecule has 142 valence electrons. The van der Waals surface area contributed by atoms with Crippen molar-refractivity contribution >= 4 is 29.3 Å². The van der Waals surface area contributed by atoms with Gasteiger partial charge in [0.15, 0.2) is 0 Å². The SMILES string of the molecule is Cc1ccc(Cl)cc1NC(=O)[C@@H]1C[C@@H](O)CN1C(=O)OCc1ccccc1. The lowest BCUT2D eigenvalue weighted by Gasteiger charge is -2.23. The van der Waals surface area contributed by atoms with Crippen molar-refractivity contribution in [1.29, 1.82) is 0 Å². The highest BCUT2D eigenvalue weighted by Gasteiger charge is 2.40. The summed E-state index contributed by atoms with van der Waals surface area (Å²) in [6, 6.07) is 13.7. The number of halogens is 1. The average Bonchev–Trinajstić information content (AvgIpc) is 3.05. The standard InChI is InChI=1S/C20H21ClN2O4/c1-13-7-8-15(21)9-17(13)22-19(25)18-10-16(24)11-23(18)20(26)27-12-14-5-3-2-4-6-14/h2-9,16,18,24H,10-12H2,1H3,(H,22,25)/t16-,18+/m1/s1. The summed E-state index contributed by atoms with van der Waals surface area (Å²) in [6.45, 7) is 2.01. The minimum atomic E-state index is -0.804. The van der Waals surface area contributed by atoms with Crippen LogP contribution in [0.2, 0.25) is 5.02 Å². The fraction of sp³-hybridized carbons (Fsp3) is 0.300. The number of carbonyl (C=O) groups is 2. The highest BCUT2D eigenvalue weighted by Crippen LogP contribution is 2.24. The molecule has 0 aromatic heterocycles. The second kappa shape index (κ2) is 8.41. The van der Waals surface area contributed by atoms with Crippen molar-refractivity contribution in [2.75, 3.05) is 11.9 Å². The van der Waals surface area contributed by atoms with Gasteiger partial charge in [-0.2, -0.15) is 0 Å². The number of nitrogens with one attached hydrogen (secondary N) is 1. The van der Waals surface area contributed by atoms with E-state index in [4.69, 9.17) is 16.3 Å². The molecule has 2 amide bonds. The van der Waals surface area contributed by atoms with Gasteiger partial charge in [-0.05, 0) is 30.2 Å². The molecule has 27 heavy (non-hydrogen) atoms. The van der Waals surface area contributed by atoms with Gasteiger partial charge in [0.25, 0.3) is 0 Å². The third-order valence-corrected chi connectivity index (χ3v) is 4.71. The topological polar surface area (TPSA) is 78.9 Å². The Hall–Kier alpha value is -2.57. The molecule has 2 N–H and O–H groups in total. The van der Waals surface area contributed by atoms with Gasteiger partial charge in [0, 0.05) is 17.1 Å². The quantitative estimate of drug-likeness (QED) is 0.841. The fourth-order valence-electron chi connectivity index (χ4n) is 3.01.